The maximum atomic E-state index is 13.6. The quantitative estimate of drug-likeness (QED) is 0.316. The summed E-state index contributed by atoms with van der Waals surface area (Å²) >= 11 is 6.01. The van der Waals surface area contributed by atoms with Crippen molar-refractivity contribution in [3.63, 3.8) is 0 Å². The van der Waals surface area contributed by atoms with E-state index in [0.29, 0.717) is 10.6 Å². The van der Waals surface area contributed by atoms with Gasteiger partial charge in [0.2, 0.25) is 0 Å². The summed E-state index contributed by atoms with van der Waals surface area (Å²) in [6.45, 7) is 6.96. The van der Waals surface area contributed by atoms with Gasteiger partial charge in [0.05, 0.1) is 0 Å². The molecule has 0 spiro atoms. The highest BCUT2D eigenvalue weighted by Crippen LogP contribution is 2.33. The number of halogens is 1. The van der Waals surface area contributed by atoms with Crippen molar-refractivity contribution in [3.05, 3.63) is 107 Å². The number of rotatable bonds is 6. The second kappa shape index (κ2) is 9.38. The van der Waals surface area contributed by atoms with Crippen molar-refractivity contribution < 1.29 is 4.79 Å². The van der Waals surface area contributed by atoms with Gasteiger partial charge in [-0.3, -0.25) is 10.1 Å². The maximum Gasteiger partial charge on any atom is 0.255 e. The molecule has 0 saturated heterocycles. The lowest BCUT2D eigenvalue weighted by Gasteiger charge is -2.41. The second-order valence-electron chi connectivity index (χ2n) is 8.58. The Balaban J connectivity index is 1.69. The van der Waals surface area contributed by atoms with E-state index in [1.807, 2.05) is 60.5 Å². The van der Waals surface area contributed by atoms with Crippen LogP contribution in [0.25, 0.3) is 21.9 Å². The van der Waals surface area contributed by atoms with Gasteiger partial charge < -0.3 is 4.90 Å². The van der Waals surface area contributed by atoms with Crippen LogP contribution in [0.5, 0.6) is 0 Å². The number of amides is 1. The molecule has 1 N–H and O–H groups in total. The minimum Gasteiger partial charge on any atom is -0.319 e. The van der Waals surface area contributed by atoms with Gasteiger partial charge in [0.1, 0.15) is 5.66 Å². The molecular formula is C29H29ClN2O. The fourth-order valence-electron chi connectivity index (χ4n) is 4.41. The molecule has 4 heteroatoms. The van der Waals surface area contributed by atoms with Gasteiger partial charge >= 0.3 is 0 Å². The Kier molecular flexibility index (Phi) is 6.55. The summed E-state index contributed by atoms with van der Waals surface area (Å²) < 4.78 is 0. The summed E-state index contributed by atoms with van der Waals surface area (Å²) in [5.74, 6) is -0.0368. The third-order valence-electron chi connectivity index (χ3n) is 6.37. The predicted octanol–water partition coefficient (Wildman–Crippen LogP) is 7.02. The van der Waals surface area contributed by atoms with Gasteiger partial charge in [-0.2, -0.15) is 0 Å². The van der Waals surface area contributed by atoms with Crippen LogP contribution < -0.4 is 5.32 Å². The molecule has 0 aromatic heterocycles. The van der Waals surface area contributed by atoms with Crippen molar-refractivity contribution >= 4 is 28.3 Å². The molecule has 168 valence electrons. The molecule has 0 radical (unpaired) electrons. The molecule has 33 heavy (non-hydrogen) atoms. The third kappa shape index (κ3) is 4.52. The van der Waals surface area contributed by atoms with E-state index < -0.39 is 5.66 Å². The Bertz CT molecular complexity index is 1280. The van der Waals surface area contributed by atoms with Crippen molar-refractivity contribution in [1.29, 1.82) is 0 Å². The van der Waals surface area contributed by atoms with E-state index in [9.17, 15) is 4.79 Å². The van der Waals surface area contributed by atoms with Gasteiger partial charge in [-0.05, 0) is 72.1 Å². The Labute approximate surface area is 201 Å². The molecular weight excluding hydrogens is 428 g/mol. The van der Waals surface area contributed by atoms with E-state index in [0.717, 1.165) is 28.6 Å². The van der Waals surface area contributed by atoms with Gasteiger partial charge in [-0.25, -0.2) is 0 Å². The van der Waals surface area contributed by atoms with E-state index in [4.69, 9.17) is 11.6 Å². The Morgan fingerprint density at radius 1 is 0.939 bits per heavy atom. The van der Waals surface area contributed by atoms with Crippen molar-refractivity contribution in [2.75, 3.05) is 13.6 Å². The van der Waals surface area contributed by atoms with Gasteiger partial charge in [0, 0.05) is 17.6 Å². The second-order valence-corrected chi connectivity index (χ2v) is 9.02. The fraction of sp³-hybridized carbons (Fsp3) is 0.207. The smallest absolute Gasteiger partial charge is 0.255 e. The molecule has 1 amide bonds. The van der Waals surface area contributed by atoms with Crippen LogP contribution in [-0.4, -0.2) is 24.4 Å². The monoisotopic (exact) mass is 456 g/mol. The van der Waals surface area contributed by atoms with E-state index in [-0.39, 0.29) is 5.91 Å². The average Bonchev–Trinajstić information content (AvgIpc) is 2.83. The summed E-state index contributed by atoms with van der Waals surface area (Å²) in [6.07, 6.45) is 0. The number of hydrogen-bond donors (Lipinski definition) is 1. The first kappa shape index (κ1) is 23.0. The predicted molar refractivity (Wildman–Crippen MR) is 139 cm³/mol. The molecule has 3 nitrogen and oxygen atoms in total. The molecule has 4 aromatic carbocycles. The molecule has 0 aliphatic rings. The lowest BCUT2D eigenvalue weighted by Crippen LogP contribution is -2.54. The number of nitrogens with zero attached hydrogens (tertiary/aromatic N) is 1. The van der Waals surface area contributed by atoms with Crippen LogP contribution in [0.4, 0.5) is 0 Å². The molecule has 0 aliphatic carbocycles. The van der Waals surface area contributed by atoms with Crippen LogP contribution in [-0.2, 0) is 5.66 Å². The summed E-state index contributed by atoms with van der Waals surface area (Å²) in [7, 11) is 1.87. The molecule has 4 aromatic rings. The first-order valence-electron chi connectivity index (χ1n) is 11.2. The standard InChI is InChI=1S/C29H29ClN2O/c1-5-31-29(3,27-8-6-7-24-19-20(2)9-18-26(24)27)32(4)28(33)23-12-10-21(11-13-23)22-14-16-25(30)17-15-22/h6-19,31H,5H2,1-4H3. The minimum atomic E-state index is -0.671. The molecule has 0 heterocycles. The molecule has 0 fully saturated rings. The van der Waals surface area contributed by atoms with E-state index in [1.165, 1.54) is 10.9 Å². The van der Waals surface area contributed by atoms with Crippen LogP contribution in [0.2, 0.25) is 5.02 Å². The van der Waals surface area contributed by atoms with Gasteiger partial charge in [-0.1, -0.05) is 84.8 Å². The summed E-state index contributed by atoms with van der Waals surface area (Å²) in [4.78, 5) is 15.4. The largest absolute Gasteiger partial charge is 0.319 e. The zero-order valence-electron chi connectivity index (χ0n) is 19.5. The average molecular weight is 457 g/mol. The third-order valence-corrected chi connectivity index (χ3v) is 6.62. The van der Waals surface area contributed by atoms with Crippen LogP contribution in [0.3, 0.4) is 0 Å². The Hall–Kier alpha value is -3.14. The van der Waals surface area contributed by atoms with Crippen LogP contribution in [0, 0.1) is 6.92 Å². The first-order valence-corrected chi connectivity index (χ1v) is 11.6. The van der Waals surface area contributed by atoms with Crippen LogP contribution in [0.15, 0.2) is 84.9 Å². The van der Waals surface area contributed by atoms with Gasteiger partial charge in [0.15, 0.2) is 0 Å². The Morgan fingerprint density at radius 3 is 2.21 bits per heavy atom. The van der Waals surface area contributed by atoms with Crippen LogP contribution >= 0.6 is 11.6 Å². The van der Waals surface area contributed by atoms with Gasteiger partial charge in [0.25, 0.3) is 5.91 Å². The number of carbonyl (C=O) groups excluding carboxylic acids is 1. The summed E-state index contributed by atoms with van der Waals surface area (Å²) in [6, 6.07) is 28.2. The first-order chi connectivity index (χ1) is 15.8. The van der Waals surface area contributed by atoms with Crippen molar-refractivity contribution in [1.82, 2.24) is 10.2 Å². The summed E-state index contributed by atoms with van der Waals surface area (Å²) in [5, 5.41) is 6.59. The lowest BCUT2D eigenvalue weighted by molar-refractivity contribution is 0.0510. The number of aryl methyl sites for hydroxylation is 1. The van der Waals surface area contributed by atoms with E-state index in [1.54, 1.807) is 0 Å². The highest BCUT2D eigenvalue weighted by atomic mass is 35.5. The number of hydrogen-bond acceptors (Lipinski definition) is 2. The van der Waals surface area contributed by atoms with Crippen molar-refractivity contribution in [3.8, 4) is 11.1 Å². The minimum absolute atomic E-state index is 0.0368. The normalized spacial score (nSPS) is 13.0. The van der Waals surface area contributed by atoms with Gasteiger partial charge in [-0.15, -0.1) is 0 Å². The zero-order chi connectivity index (χ0) is 23.6. The van der Waals surface area contributed by atoms with E-state index >= 15 is 0 Å². The fourth-order valence-corrected chi connectivity index (χ4v) is 4.54. The SMILES string of the molecule is CCNC(C)(c1cccc2cc(C)ccc12)N(C)C(=O)c1ccc(-c2ccc(Cl)cc2)cc1. The number of nitrogens with one attached hydrogen (secondary N) is 1. The molecule has 0 aliphatic heterocycles. The van der Waals surface area contributed by atoms with E-state index in [2.05, 4.69) is 62.5 Å². The molecule has 4 rings (SSSR count). The molecule has 1 unspecified atom stereocenters. The molecule has 1 atom stereocenters. The van der Waals surface area contributed by atoms with Crippen molar-refractivity contribution in [2.24, 2.45) is 0 Å². The lowest BCUT2D eigenvalue weighted by atomic mass is 9.92. The van der Waals surface area contributed by atoms with Crippen LogP contribution in [0.1, 0.15) is 35.3 Å². The summed E-state index contributed by atoms with van der Waals surface area (Å²) in [5.41, 5.74) is 4.39. The number of benzene rings is 4. The topological polar surface area (TPSA) is 32.3 Å². The van der Waals surface area contributed by atoms with Crippen molar-refractivity contribution in [2.45, 2.75) is 26.4 Å². The number of carbonyl (C=O) groups is 1. The highest BCUT2D eigenvalue weighted by Gasteiger charge is 2.35. The molecule has 0 bridgehead atoms. The maximum absolute atomic E-state index is 13.6. The zero-order valence-corrected chi connectivity index (χ0v) is 20.3. The Morgan fingerprint density at radius 2 is 1.58 bits per heavy atom. The number of fused-ring (bicyclic) bond motifs is 1. The highest BCUT2D eigenvalue weighted by molar-refractivity contribution is 6.30. The molecule has 0 saturated carbocycles.